The second kappa shape index (κ2) is 4.64. The smallest absolute Gasteiger partial charge is 0.312 e. The highest BCUT2D eigenvalue weighted by molar-refractivity contribution is 5.04. The van der Waals surface area contributed by atoms with Gasteiger partial charge in [-0.1, -0.05) is 6.92 Å². The van der Waals surface area contributed by atoms with Crippen LogP contribution in [-0.2, 0) is 13.0 Å². The monoisotopic (exact) mass is 248 g/mol. The summed E-state index contributed by atoms with van der Waals surface area (Å²) < 4.78 is 38.3. The molecular weight excluding hydrogens is 233 g/mol. The van der Waals surface area contributed by atoms with E-state index in [1.165, 1.54) is 0 Å². The lowest BCUT2D eigenvalue weighted by Gasteiger charge is -2.24. The molecule has 0 amide bonds. The molecular formula is C10H15F3N4. The first-order valence-corrected chi connectivity index (χ1v) is 5.73. The third kappa shape index (κ3) is 2.77. The Morgan fingerprint density at radius 1 is 1.41 bits per heavy atom. The normalized spacial score (nSPS) is 20.4. The van der Waals surface area contributed by atoms with Crippen molar-refractivity contribution in [2.24, 2.45) is 0 Å². The first-order chi connectivity index (χ1) is 8.01. The van der Waals surface area contributed by atoms with E-state index in [0.29, 0.717) is 12.4 Å². The van der Waals surface area contributed by atoms with Gasteiger partial charge in [0.2, 0.25) is 0 Å². The molecule has 1 atom stereocenters. The van der Waals surface area contributed by atoms with E-state index in [2.05, 4.69) is 15.5 Å². The van der Waals surface area contributed by atoms with Gasteiger partial charge >= 0.3 is 6.18 Å². The fraction of sp³-hybridized carbons (Fsp3) is 0.800. The number of aromatic nitrogens is 3. The molecule has 2 heterocycles. The maximum absolute atomic E-state index is 12.2. The molecule has 0 saturated carbocycles. The van der Waals surface area contributed by atoms with Gasteiger partial charge in [-0.25, -0.2) is 0 Å². The Balaban J connectivity index is 2.12. The highest BCUT2D eigenvalue weighted by atomic mass is 19.4. The number of hydrogen-bond acceptors (Lipinski definition) is 3. The van der Waals surface area contributed by atoms with Crippen molar-refractivity contribution in [1.82, 2.24) is 20.1 Å². The van der Waals surface area contributed by atoms with Gasteiger partial charge in [-0.2, -0.15) is 13.2 Å². The predicted molar refractivity (Wildman–Crippen MR) is 55.4 cm³/mol. The van der Waals surface area contributed by atoms with Crippen LogP contribution in [0.25, 0.3) is 0 Å². The van der Waals surface area contributed by atoms with Gasteiger partial charge < -0.3 is 9.88 Å². The van der Waals surface area contributed by atoms with E-state index in [4.69, 9.17) is 0 Å². The molecule has 17 heavy (non-hydrogen) atoms. The summed E-state index contributed by atoms with van der Waals surface area (Å²) in [5.74, 6) is 1.20. The van der Waals surface area contributed by atoms with Gasteiger partial charge in [-0.3, -0.25) is 0 Å². The van der Waals surface area contributed by atoms with Crippen molar-refractivity contribution in [2.45, 2.75) is 44.9 Å². The standard InChI is InChI=1S/C10H15F3N4/c1-2-7-9-16-15-8(3-4-10(11,12)13)17(9)6-5-14-7/h7,14H,2-6H2,1H3. The maximum Gasteiger partial charge on any atom is 0.389 e. The van der Waals surface area contributed by atoms with Crippen molar-refractivity contribution in [2.75, 3.05) is 6.54 Å². The van der Waals surface area contributed by atoms with E-state index in [0.717, 1.165) is 18.8 Å². The van der Waals surface area contributed by atoms with E-state index in [1.54, 1.807) is 0 Å². The number of rotatable bonds is 3. The molecule has 1 aromatic heterocycles. The van der Waals surface area contributed by atoms with Gasteiger partial charge in [-0.15, -0.1) is 10.2 Å². The average Bonchev–Trinajstić information content (AvgIpc) is 2.68. The van der Waals surface area contributed by atoms with Gasteiger partial charge in [0.1, 0.15) is 11.6 Å². The lowest BCUT2D eigenvalue weighted by molar-refractivity contribution is -0.134. The molecule has 0 saturated heterocycles. The van der Waals surface area contributed by atoms with Crippen LogP contribution >= 0.6 is 0 Å². The third-order valence-corrected chi connectivity index (χ3v) is 2.93. The number of alkyl halides is 3. The molecule has 0 aliphatic carbocycles. The molecule has 1 aromatic rings. The Hall–Kier alpha value is -1.11. The molecule has 0 aromatic carbocycles. The van der Waals surface area contributed by atoms with Crippen LogP contribution in [0.5, 0.6) is 0 Å². The largest absolute Gasteiger partial charge is 0.389 e. The molecule has 7 heteroatoms. The van der Waals surface area contributed by atoms with Gasteiger partial charge in [0.05, 0.1) is 12.5 Å². The fourth-order valence-corrected chi connectivity index (χ4v) is 2.06. The fourth-order valence-electron chi connectivity index (χ4n) is 2.06. The van der Waals surface area contributed by atoms with Crippen LogP contribution in [0, 0.1) is 0 Å². The van der Waals surface area contributed by atoms with Crippen molar-refractivity contribution in [3.05, 3.63) is 11.6 Å². The zero-order valence-corrected chi connectivity index (χ0v) is 9.59. The number of nitrogens with zero attached hydrogens (tertiary/aromatic N) is 3. The minimum atomic E-state index is -4.14. The minimum Gasteiger partial charge on any atom is -0.312 e. The predicted octanol–water partition coefficient (Wildman–Crippen LogP) is 1.83. The Labute approximate surface area is 97.2 Å². The number of aryl methyl sites for hydroxylation is 1. The van der Waals surface area contributed by atoms with Crippen molar-refractivity contribution in [1.29, 1.82) is 0 Å². The quantitative estimate of drug-likeness (QED) is 0.887. The second-order valence-corrected chi connectivity index (χ2v) is 4.16. The van der Waals surface area contributed by atoms with Crippen molar-refractivity contribution in [3.63, 3.8) is 0 Å². The average molecular weight is 248 g/mol. The topological polar surface area (TPSA) is 42.7 Å². The lowest BCUT2D eigenvalue weighted by Crippen LogP contribution is -2.34. The van der Waals surface area contributed by atoms with Gasteiger partial charge in [-0.05, 0) is 6.42 Å². The summed E-state index contributed by atoms with van der Waals surface area (Å²) in [6, 6.07) is 0.107. The molecule has 4 nitrogen and oxygen atoms in total. The summed E-state index contributed by atoms with van der Waals surface area (Å²) >= 11 is 0. The Kier molecular flexibility index (Phi) is 3.37. The number of nitrogens with one attached hydrogen (secondary N) is 1. The highest BCUT2D eigenvalue weighted by Crippen LogP contribution is 2.24. The minimum absolute atomic E-state index is 0.0903. The van der Waals surface area contributed by atoms with Crippen molar-refractivity contribution in [3.8, 4) is 0 Å². The van der Waals surface area contributed by atoms with Gasteiger partial charge in [0, 0.05) is 19.5 Å². The molecule has 0 fully saturated rings. The summed E-state index contributed by atoms with van der Waals surface area (Å²) in [4.78, 5) is 0. The lowest BCUT2D eigenvalue weighted by atomic mass is 10.1. The summed E-state index contributed by atoms with van der Waals surface area (Å²) in [6.07, 6.45) is -4.21. The van der Waals surface area contributed by atoms with E-state index in [-0.39, 0.29) is 12.5 Å². The van der Waals surface area contributed by atoms with Crippen LogP contribution in [0.3, 0.4) is 0 Å². The Morgan fingerprint density at radius 2 is 2.18 bits per heavy atom. The van der Waals surface area contributed by atoms with E-state index in [1.807, 2.05) is 11.5 Å². The molecule has 0 radical (unpaired) electrons. The van der Waals surface area contributed by atoms with Crippen molar-refractivity contribution >= 4 is 0 Å². The summed E-state index contributed by atoms with van der Waals surface area (Å²) in [5, 5.41) is 11.1. The first kappa shape index (κ1) is 12.3. The zero-order chi connectivity index (χ0) is 12.5. The number of halogens is 3. The number of hydrogen-bond donors (Lipinski definition) is 1. The Morgan fingerprint density at radius 3 is 2.82 bits per heavy atom. The van der Waals surface area contributed by atoms with Crippen LogP contribution < -0.4 is 5.32 Å². The van der Waals surface area contributed by atoms with Crippen LogP contribution in [0.15, 0.2) is 0 Å². The molecule has 0 bridgehead atoms. The molecule has 1 N–H and O–H groups in total. The summed E-state index contributed by atoms with van der Waals surface area (Å²) in [6.45, 7) is 3.41. The molecule has 1 aliphatic rings. The molecule has 96 valence electrons. The van der Waals surface area contributed by atoms with E-state index < -0.39 is 12.6 Å². The summed E-state index contributed by atoms with van der Waals surface area (Å²) in [7, 11) is 0. The highest BCUT2D eigenvalue weighted by Gasteiger charge is 2.29. The van der Waals surface area contributed by atoms with E-state index >= 15 is 0 Å². The van der Waals surface area contributed by atoms with Crippen LogP contribution in [0.1, 0.15) is 37.5 Å². The first-order valence-electron chi connectivity index (χ1n) is 5.73. The van der Waals surface area contributed by atoms with Crippen LogP contribution in [0.2, 0.25) is 0 Å². The second-order valence-electron chi connectivity index (χ2n) is 4.16. The third-order valence-electron chi connectivity index (χ3n) is 2.93. The SMILES string of the molecule is CCC1NCCn2c(CCC(F)(F)F)nnc21. The van der Waals surface area contributed by atoms with Crippen molar-refractivity contribution < 1.29 is 13.2 Å². The van der Waals surface area contributed by atoms with Gasteiger partial charge in [0.15, 0.2) is 0 Å². The zero-order valence-electron chi connectivity index (χ0n) is 9.59. The van der Waals surface area contributed by atoms with Crippen LogP contribution in [0.4, 0.5) is 13.2 Å². The molecule has 0 spiro atoms. The van der Waals surface area contributed by atoms with Crippen LogP contribution in [-0.4, -0.2) is 27.5 Å². The maximum atomic E-state index is 12.2. The molecule has 1 unspecified atom stereocenters. The van der Waals surface area contributed by atoms with Gasteiger partial charge in [0.25, 0.3) is 0 Å². The van der Waals surface area contributed by atoms with E-state index in [9.17, 15) is 13.2 Å². The molecule has 1 aliphatic heterocycles. The summed E-state index contributed by atoms with van der Waals surface area (Å²) in [5.41, 5.74) is 0. The molecule has 2 rings (SSSR count). The number of fused-ring (bicyclic) bond motifs is 1. The Bertz CT molecular complexity index is 385.